The first-order chi connectivity index (χ1) is 5.64. The minimum Gasteiger partial charge on any atom is -0.414 e. The summed E-state index contributed by atoms with van der Waals surface area (Å²) in [7, 11) is -1.25. The second kappa shape index (κ2) is 4.63. The number of rotatable bonds is 3. The highest BCUT2D eigenvalue weighted by atomic mass is 35.5. The molecule has 0 radical (unpaired) electrons. The summed E-state index contributed by atoms with van der Waals surface area (Å²) >= 11 is 5.65. The molecule has 1 saturated heterocycles. The third kappa shape index (κ3) is 3.46. The number of hydrogen-bond donors (Lipinski definition) is 0. The molecular formula is C9H19ClOSi. The molecule has 1 nitrogen and oxygen atoms in total. The molecule has 0 aromatic carbocycles. The summed E-state index contributed by atoms with van der Waals surface area (Å²) in [5.41, 5.74) is 0. The highest BCUT2D eigenvalue weighted by Crippen LogP contribution is 2.27. The van der Waals surface area contributed by atoms with Gasteiger partial charge in [-0.05, 0) is 38.4 Å². The van der Waals surface area contributed by atoms with Crippen LogP contribution >= 0.6 is 11.6 Å². The summed E-state index contributed by atoms with van der Waals surface area (Å²) in [4.78, 5) is 0. The Bertz CT molecular complexity index is 138. The minimum absolute atomic E-state index is 0.527. The SMILES string of the molecule is C[Si]1(C)CCCC(CCCCl)O1. The zero-order chi connectivity index (χ0) is 9.03. The monoisotopic (exact) mass is 206 g/mol. The maximum Gasteiger partial charge on any atom is 0.187 e. The van der Waals surface area contributed by atoms with E-state index in [1.54, 1.807) is 0 Å². The molecule has 1 aliphatic rings. The first-order valence-corrected chi connectivity index (χ1v) is 8.53. The van der Waals surface area contributed by atoms with Crippen LogP contribution in [0.15, 0.2) is 0 Å². The summed E-state index contributed by atoms with van der Waals surface area (Å²) in [6.07, 6.45) is 5.43. The molecule has 0 N–H and O–H groups in total. The normalized spacial score (nSPS) is 28.8. The van der Waals surface area contributed by atoms with Crippen LogP contribution in [0.3, 0.4) is 0 Å². The van der Waals surface area contributed by atoms with Gasteiger partial charge in [0.2, 0.25) is 0 Å². The van der Waals surface area contributed by atoms with Gasteiger partial charge < -0.3 is 4.43 Å². The molecule has 0 aromatic rings. The minimum atomic E-state index is -1.25. The van der Waals surface area contributed by atoms with E-state index in [-0.39, 0.29) is 0 Å². The molecule has 1 unspecified atom stereocenters. The smallest absolute Gasteiger partial charge is 0.187 e. The van der Waals surface area contributed by atoms with Crippen LogP contribution in [0.2, 0.25) is 19.1 Å². The van der Waals surface area contributed by atoms with Crippen molar-refractivity contribution >= 4 is 19.9 Å². The first kappa shape index (κ1) is 10.5. The molecule has 72 valence electrons. The van der Waals surface area contributed by atoms with Gasteiger partial charge in [-0.3, -0.25) is 0 Å². The van der Waals surface area contributed by atoms with E-state index in [1.807, 2.05) is 0 Å². The van der Waals surface area contributed by atoms with Crippen molar-refractivity contribution in [2.45, 2.75) is 50.9 Å². The number of halogens is 1. The fourth-order valence-electron chi connectivity index (χ4n) is 1.83. The lowest BCUT2D eigenvalue weighted by atomic mass is 10.1. The van der Waals surface area contributed by atoms with Crippen LogP contribution in [-0.4, -0.2) is 20.3 Å². The Labute approximate surface area is 81.6 Å². The topological polar surface area (TPSA) is 9.23 Å². The van der Waals surface area contributed by atoms with E-state index in [0.717, 1.165) is 12.3 Å². The lowest BCUT2D eigenvalue weighted by Gasteiger charge is -2.34. The molecular weight excluding hydrogens is 188 g/mol. The van der Waals surface area contributed by atoms with Gasteiger partial charge in [0.15, 0.2) is 8.32 Å². The molecule has 1 fully saturated rings. The summed E-state index contributed by atoms with van der Waals surface area (Å²) < 4.78 is 6.06. The maximum absolute atomic E-state index is 6.06. The Morgan fingerprint density at radius 1 is 1.50 bits per heavy atom. The first-order valence-electron chi connectivity index (χ1n) is 4.88. The second-order valence-corrected chi connectivity index (χ2v) is 8.86. The van der Waals surface area contributed by atoms with Crippen molar-refractivity contribution in [1.29, 1.82) is 0 Å². The second-order valence-electron chi connectivity index (χ2n) is 4.22. The molecule has 1 atom stereocenters. The van der Waals surface area contributed by atoms with Gasteiger partial charge in [-0.25, -0.2) is 0 Å². The Kier molecular flexibility index (Phi) is 4.07. The van der Waals surface area contributed by atoms with E-state index in [9.17, 15) is 0 Å². The van der Waals surface area contributed by atoms with Crippen LogP contribution in [0, 0.1) is 0 Å². The van der Waals surface area contributed by atoms with Crippen molar-refractivity contribution in [3.05, 3.63) is 0 Å². The highest BCUT2D eigenvalue weighted by molar-refractivity contribution is 6.71. The molecule has 12 heavy (non-hydrogen) atoms. The number of alkyl halides is 1. The van der Waals surface area contributed by atoms with Crippen molar-refractivity contribution in [3.63, 3.8) is 0 Å². The van der Waals surface area contributed by atoms with Crippen LogP contribution in [0.1, 0.15) is 25.7 Å². The van der Waals surface area contributed by atoms with E-state index >= 15 is 0 Å². The van der Waals surface area contributed by atoms with Crippen LogP contribution in [0.25, 0.3) is 0 Å². The molecule has 0 spiro atoms. The Morgan fingerprint density at radius 3 is 2.83 bits per heavy atom. The quantitative estimate of drug-likeness (QED) is 0.508. The molecule has 0 bridgehead atoms. The number of hydrogen-bond acceptors (Lipinski definition) is 1. The molecule has 0 aromatic heterocycles. The molecule has 0 amide bonds. The van der Waals surface area contributed by atoms with Crippen LogP contribution in [0.5, 0.6) is 0 Å². The summed E-state index contributed by atoms with van der Waals surface area (Å²) in [5, 5.41) is 0. The zero-order valence-electron chi connectivity index (χ0n) is 8.11. The molecule has 3 heteroatoms. The van der Waals surface area contributed by atoms with Crippen molar-refractivity contribution in [1.82, 2.24) is 0 Å². The van der Waals surface area contributed by atoms with E-state index < -0.39 is 8.32 Å². The van der Waals surface area contributed by atoms with Gasteiger partial charge in [-0.15, -0.1) is 11.6 Å². The van der Waals surface area contributed by atoms with Crippen LogP contribution in [0.4, 0.5) is 0 Å². The van der Waals surface area contributed by atoms with Crippen molar-refractivity contribution in [2.24, 2.45) is 0 Å². The van der Waals surface area contributed by atoms with Crippen molar-refractivity contribution in [3.8, 4) is 0 Å². The maximum atomic E-state index is 6.06. The van der Waals surface area contributed by atoms with Gasteiger partial charge in [0.25, 0.3) is 0 Å². The Morgan fingerprint density at radius 2 is 2.25 bits per heavy atom. The van der Waals surface area contributed by atoms with Crippen LogP contribution in [-0.2, 0) is 4.43 Å². The van der Waals surface area contributed by atoms with Gasteiger partial charge in [0, 0.05) is 12.0 Å². The molecule has 0 saturated carbocycles. The zero-order valence-corrected chi connectivity index (χ0v) is 9.86. The van der Waals surface area contributed by atoms with Crippen molar-refractivity contribution in [2.75, 3.05) is 5.88 Å². The lowest BCUT2D eigenvalue weighted by Crippen LogP contribution is -2.39. The third-order valence-electron chi connectivity index (χ3n) is 2.45. The van der Waals surface area contributed by atoms with Crippen LogP contribution < -0.4 is 0 Å². The lowest BCUT2D eigenvalue weighted by molar-refractivity contribution is 0.151. The van der Waals surface area contributed by atoms with E-state index in [4.69, 9.17) is 16.0 Å². The third-order valence-corrected chi connectivity index (χ3v) is 5.25. The van der Waals surface area contributed by atoms with Gasteiger partial charge in [0.1, 0.15) is 0 Å². The Hall–Kier alpha value is 0.467. The van der Waals surface area contributed by atoms with Gasteiger partial charge in [-0.1, -0.05) is 6.42 Å². The highest BCUT2D eigenvalue weighted by Gasteiger charge is 2.30. The van der Waals surface area contributed by atoms with Crippen molar-refractivity contribution < 1.29 is 4.43 Å². The molecule has 1 rings (SSSR count). The van der Waals surface area contributed by atoms with Gasteiger partial charge >= 0.3 is 0 Å². The average molecular weight is 207 g/mol. The van der Waals surface area contributed by atoms with Gasteiger partial charge in [-0.2, -0.15) is 0 Å². The van der Waals surface area contributed by atoms with E-state index in [0.29, 0.717) is 6.10 Å². The average Bonchev–Trinajstić information content (AvgIpc) is 1.99. The van der Waals surface area contributed by atoms with E-state index in [1.165, 1.54) is 25.3 Å². The Balaban J connectivity index is 2.26. The predicted molar refractivity (Wildman–Crippen MR) is 56.4 cm³/mol. The predicted octanol–water partition coefficient (Wildman–Crippen LogP) is 3.39. The summed E-state index contributed by atoms with van der Waals surface area (Å²) in [6, 6.07) is 1.34. The molecule has 1 aliphatic heterocycles. The molecule has 0 aliphatic carbocycles. The molecule has 1 heterocycles. The standard InChI is InChI=1S/C9H19ClOSi/c1-12(2)8-4-6-9(11-12)5-3-7-10/h9H,3-8H2,1-2H3. The fraction of sp³-hybridized carbons (Fsp3) is 1.00. The van der Waals surface area contributed by atoms with E-state index in [2.05, 4.69) is 13.1 Å². The largest absolute Gasteiger partial charge is 0.414 e. The summed E-state index contributed by atoms with van der Waals surface area (Å²) in [5.74, 6) is 0.780. The summed E-state index contributed by atoms with van der Waals surface area (Å²) in [6.45, 7) is 4.64. The fourth-order valence-corrected chi connectivity index (χ4v) is 4.30. The van der Waals surface area contributed by atoms with Gasteiger partial charge in [0.05, 0.1) is 0 Å².